The number of rotatable bonds is 2. The van der Waals surface area contributed by atoms with Gasteiger partial charge in [0.05, 0.1) is 4.90 Å². The van der Waals surface area contributed by atoms with Gasteiger partial charge in [0.25, 0.3) is 0 Å². The topological polar surface area (TPSA) is 49.4 Å². The molecule has 108 valence electrons. The maximum absolute atomic E-state index is 12.5. The molecule has 0 radical (unpaired) electrons. The Bertz CT molecular complexity index is 546. The molecular weight excluding hydrogens is 284 g/mol. The predicted molar refractivity (Wildman–Crippen MR) is 79.4 cm³/mol. The molecule has 0 aromatic heterocycles. The van der Waals surface area contributed by atoms with Crippen LogP contribution in [0.4, 0.5) is 0 Å². The zero-order chi connectivity index (χ0) is 13.3. The number of aryl methyl sites for hydroxylation is 2. The number of halogens is 1. The number of benzene rings is 1. The Kier molecular flexibility index (Phi) is 5.38. The Morgan fingerprint density at radius 3 is 2.53 bits per heavy atom. The van der Waals surface area contributed by atoms with Gasteiger partial charge in [-0.2, -0.15) is 4.31 Å². The molecule has 2 rings (SSSR count). The van der Waals surface area contributed by atoms with Gasteiger partial charge in [-0.3, -0.25) is 0 Å². The lowest BCUT2D eigenvalue weighted by Gasteiger charge is -2.31. The quantitative estimate of drug-likeness (QED) is 0.905. The second kappa shape index (κ2) is 6.22. The third-order valence-corrected chi connectivity index (χ3v) is 5.31. The molecule has 1 saturated heterocycles. The van der Waals surface area contributed by atoms with E-state index < -0.39 is 10.0 Å². The second-order valence-corrected chi connectivity index (χ2v) is 6.90. The fourth-order valence-electron chi connectivity index (χ4n) is 2.14. The zero-order valence-corrected chi connectivity index (χ0v) is 13.1. The summed E-state index contributed by atoms with van der Waals surface area (Å²) in [5.41, 5.74) is 2.13. The summed E-state index contributed by atoms with van der Waals surface area (Å²) in [6.45, 7) is 7.72. The highest BCUT2D eigenvalue weighted by atomic mass is 35.5. The molecule has 0 spiro atoms. The Hall–Kier alpha value is -0.620. The molecule has 1 N–H and O–H groups in total. The van der Waals surface area contributed by atoms with E-state index in [4.69, 9.17) is 0 Å². The van der Waals surface area contributed by atoms with E-state index in [1.807, 2.05) is 26.8 Å². The lowest BCUT2D eigenvalue weighted by Crippen LogP contribution is -2.51. The SMILES string of the molecule is Cc1ccc(S(=O)(=O)N2CCNC(C)C2)cc1C.Cl. The van der Waals surface area contributed by atoms with Crippen molar-refractivity contribution in [3.05, 3.63) is 29.3 Å². The number of hydrogen-bond acceptors (Lipinski definition) is 3. The van der Waals surface area contributed by atoms with Crippen LogP contribution < -0.4 is 5.32 Å². The Morgan fingerprint density at radius 1 is 1.26 bits per heavy atom. The fraction of sp³-hybridized carbons (Fsp3) is 0.538. The molecule has 1 atom stereocenters. The third-order valence-electron chi connectivity index (χ3n) is 3.45. The minimum absolute atomic E-state index is 0. The van der Waals surface area contributed by atoms with Crippen molar-refractivity contribution in [2.45, 2.75) is 31.7 Å². The van der Waals surface area contributed by atoms with E-state index in [1.54, 1.807) is 16.4 Å². The van der Waals surface area contributed by atoms with Crippen molar-refractivity contribution in [3.8, 4) is 0 Å². The molecular formula is C13H21ClN2O2S. The van der Waals surface area contributed by atoms with Crippen LogP contribution in [0.15, 0.2) is 23.1 Å². The van der Waals surface area contributed by atoms with Gasteiger partial charge in [0.1, 0.15) is 0 Å². The van der Waals surface area contributed by atoms with Crippen LogP contribution in [0.1, 0.15) is 18.1 Å². The van der Waals surface area contributed by atoms with E-state index >= 15 is 0 Å². The first-order chi connectivity index (χ1) is 8.41. The molecule has 0 saturated carbocycles. The van der Waals surface area contributed by atoms with Crippen molar-refractivity contribution < 1.29 is 8.42 Å². The number of piperazine rings is 1. The molecule has 6 heteroatoms. The van der Waals surface area contributed by atoms with Crippen molar-refractivity contribution in [1.29, 1.82) is 0 Å². The molecule has 4 nitrogen and oxygen atoms in total. The molecule has 19 heavy (non-hydrogen) atoms. The first-order valence-electron chi connectivity index (χ1n) is 6.22. The standard InChI is InChI=1S/C13H20N2O2S.ClH/c1-10-4-5-13(8-11(10)2)18(16,17)15-7-6-14-12(3)9-15;/h4-5,8,12,14H,6-7,9H2,1-3H3;1H. The number of hydrogen-bond donors (Lipinski definition) is 1. The lowest BCUT2D eigenvalue weighted by atomic mass is 10.1. The molecule has 1 unspecified atom stereocenters. The van der Waals surface area contributed by atoms with Gasteiger partial charge in [0.15, 0.2) is 0 Å². The largest absolute Gasteiger partial charge is 0.312 e. The number of nitrogens with zero attached hydrogens (tertiary/aromatic N) is 1. The summed E-state index contributed by atoms with van der Waals surface area (Å²) in [6.07, 6.45) is 0. The van der Waals surface area contributed by atoms with Gasteiger partial charge in [0.2, 0.25) is 10.0 Å². The summed E-state index contributed by atoms with van der Waals surface area (Å²) in [5, 5.41) is 3.25. The van der Waals surface area contributed by atoms with E-state index in [9.17, 15) is 8.42 Å². The van der Waals surface area contributed by atoms with Crippen LogP contribution >= 0.6 is 12.4 Å². The highest BCUT2D eigenvalue weighted by Crippen LogP contribution is 2.20. The monoisotopic (exact) mass is 304 g/mol. The third kappa shape index (κ3) is 3.48. The van der Waals surface area contributed by atoms with Crippen molar-refractivity contribution in [1.82, 2.24) is 9.62 Å². The molecule has 1 heterocycles. The van der Waals surface area contributed by atoms with Crippen molar-refractivity contribution in [2.75, 3.05) is 19.6 Å². The Balaban J connectivity index is 0.00000180. The minimum atomic E-state index is -3.34. The molecule has 0 bridgehead atoms. The lowest BCUT2D eigenvalue weighted by molar-refractivity contribution is 0.310. The van der Waals surface area contributed by atoms with Gasteiger partial charge in [-0.1, -0.05) is 6.07 Å². The summed E-state index contributed by atoms with van der Waals surface area (Å²) in [7, 11) is -3.34. The first kappa shape index (κ1) is 16.4. The molecule has 1 fully saturated rings. The summed E-state index contributed by atoms with van der Waals surface area (Å²) in [4.78, 5) is 0.403. The smallest absolute Gasteiger partial charge is 0.243 e. The van der Waals surface area contributed by atoms with Crippen LogP contribution in [-0.4, -0.2) is 38.4 Å². The van der Waals surface area contributed by atoms with Gasteiger partial charge in [-0.25, -0.2) is 8.42 Å². The van der Waals surface area contributed by atoms with Gasteiger partial charge in [-0.05, 0) is 44.0 Å². The van der Waals surface area contributed by atoms with Crippen molar-refractivity contribution in [3.63, 3.8) is 0 Å². The molecule has 1 aliphatic rings. The Morgan fingerprint density at radius 2 is 1.95 bits per heavy atom. The average Bonchev–Trinajstić information content (AvgIpc) is 2.32. The van der Waals surface area contributed by atoms with E-state index in [-0.39, 0.29) is 18.4 Å². The average molecular weight is 305 g/mol. The summed E-state index contributed by atoms with van der Waals surface area (Å²) in [6, 6.07) is 5.54. The van der Waals surface area contributed by atoms with Crippen LogP contribution in [0.2, 0.25) is 0 Å². The molecule has 0 amide bonds. The van der Waals surface area contributed by atoms with Gasteiger partial charge < -0.3 is 5.32 Å². The van der Waals surface area contributed by atoms with E-state index in [0.29, 0.717) is 24.5 Å². The normalized spacial score (nSPS) is 20.9. The van der Waals surface area contributed by atoms with Crippen LogP contribution in [0.25, 0.3) is 0 Å². The Labute approximate surface area is 121 Å². The van der Waals surface area contributed by atoms with Crippen molar-refractivity contribution in [2.24, 2.45) is 0 Å². The van der Waals surface area contributed by atoms with E-state index in [2.05, 4.69) is 5.32 Å². The van der Waals surface area contributed by atoms with E-state index in [1.165, 1.54) is 0 Å². The molecule has 0 aliphatic carbocycles. The summed E-state index contributed by atoms with van der Waals surface area (Å²) >= 11 is 0. The van der Waals surface area contributed by atoms with E-state index in [0.717, 1.165) is 11.1 Å². The zero-order valence-electron chi connectivity index (χ0n) is 11.5. The first-order valence-corrected chi connectivity index (χ1v) is 7.66. The summed E-state index contributed by atoms with van der Waals surface area (Å²) < 4.78 is 26.6. The molecule has 1 aromatic carbocycles. The highest BCUT2D eigenvalue weighted by molar-refractivity contribution is 7.89. The predicted octanol–water partition coefficient (Wildman–Crippen LogP) is 1.71. The fourth-order valence-corrected chi connectivity index (χ4v) is 3.75. The maximum Gasteiger partial charge on any atom is 0.243 e. The van der Waals surface area contributed by atoms with Crippen LogP contribution in [0.3, 0.4) is 0 Å². The second-order valence-electron chi connectivity index (χ2n) is 4.96. The maximum atomic E-state index is 12.5. The van der Waals surface area contributed by atoms with Crippen LogP contribution in [-0.2, 0) is 10.0 Å². The number of sulfonamides is 1. The molecule has 1 aromatic rings. The number of nitrogens with one attached hydrogen (secondary N) is 1. The summed E-state index contributed by atoms with van der Waals surface area (Å²) in [5.74, 6) is 0. The molecule has 1 aliphatic heterocycles. The van der Waals surface area contributed by atoms with Gasteiger partial charge in [0, 0.05) is 25.7 Å². The highest BCUT2D eigenvalue weighted by Gasteiger charge is 2.28. The minimum Gasteiger partial charge on any atom is -0.312 e. The van der Waals surface area contributed by atoms with Crippen molar-refractivity contribution >= 4 is 22.4 Å². The van der Waals surface area contributed by atoms with Crippen LogP contribution in [0.5, 0.6) is 0 Å². The van der Waals surface area contributed by atoms with Gasteiger partial charge >= 0.3 is 0 Å². The van der Waals surface area contributed by atoms with Crippen LogP contribution in [0, 0.1) is 13.8 Å². The van der Waals surface area contributed by atoms with Gasteiger partial charge in [-0.15, -0.1) is 12.4 Å².